The van der Waals surface area contributed by atoms with Crippen LogP contribution < -0.4 is 10.5 Å². The standard InChI is InChI=1S/C11H17NO/c1-4-5-13-11-8(2)6-10(12)7-9(11)3/h6-7H,4-5,12H2,1-3H3. The van der Waals surface area contributed by atoms with Crippen LogP contribution in [0, 0.1) is 13.8 Å². The molecule has 72 valence electrons. The lowest BCUT2D eigenvalue weighted by Gasteiger charge is -2.11. The van der Waals surface area contributed by atoms with Crippen LogP contribution in [-0.4, -0.2) is 6.61 Å². The number of ether oxygens (including phenoxy) is 1. The Balaban J connectivity index is 2.92. The SMILES string of the molecule is CCCOc1c(C)cc(N)cc1C. The molecule has 2 heteroatoms. The first-order valence-corrected chi connectivity index (χ1v) is 4.64. The molecule has 2 N–H and O–H groups in total. The molecular weight excluding hydrogens is 162 g/mol. The van der Waals surface area contributed by atoms with Crippen molar-refractivity contribution in [2.75, 3.05) is 12.3 Å². The molecule has 0 bridgehead atoms. The molecular formula is C11H17NO. The van der Waals surface area contributed by atoms with E-state index in [1.54, 1.807) is 0 Å². The summed E-state index contributed by atoms with van der Waals surface area (Å²) in [6, 6.07) is 3.88. The van der Waals surface area contributed by atoms with Gasteiger partial charge in [-0.2, -0.15) is 0 Å². The molecule has 0 unspecified atom stereocenters. The van der Waals surface area contributed by atoms with Crippen molar-refractivity contribution in [3.63, 3.8) is 0 Å². The first-order valence-electron chi connectivity index (χ1n) is 4.64. The van der Waals surface area contributed by atoms with E-state index in [4.69, 9.17) is 10.5 Å². The van der Waals surface area contributed by atoms with Crippen molar-refractivity contribution in [2.24, 2.45) is 0 Å². The number of hydrogen-bond donors (Lipinski definition) is 1. The number of aryl methyl sites for hydroxylation is 2. The Bertz CT molecular complexity index is 271. The van der Waals surface area contributed by atoms with Gasteiger partial charge in [-0.25, -0.2) is 0 Å². The van der Waals surface area contributed by atoms with Crippen molar-refractivity contribution < 1.29 is 4.74 Å². The molecule has 0 aliphatic rings. The van der Waals surface area contributed by atoms with Crippen LogP contribution in [0.15, 0.2) is 12.1 Å². The lowest BCUT2D eigenvalue weighted by Crippen LogP contribution is -2.00. The highest BCUT2D eigenvalue weighted by Gasteiger charge is 2.03. The molecule has 0 saturated carbocycles. The van der Waals surface area contributed by atoms with Crippen LogP contribution in [0.4, 0.5) is 5.69 Å². The summed E-state index contributed by atoms with van der Waals surface area (Å²) in [5, 5.41) is 0. The Labute approximate surface area is 79.7 Å². The van der Waals surface area contributed by atoms with Crippen LogP contribution in [0.5, 0.6) is 5.75 Å². The van der Waals surface area contributed by atoms with Gasteiger partial charge in [0, 0.05) is 5.69 Å². The van der Waals surface area contributed by atoms with Gasteiger partial charge in [0.25, 0.3) is 0 Å². The van der Waals surface area contributed by atoms with Crippen molar-refractivity contribution in [1.82, 2.24) is 0 Å². The number of nitrogen functional groups attached to an aromatic ring is 1. The molecule has 0 aliphatic carbocycles. The van der Waals surface area contributed by atoms with Gasteiger partial charge in [-0.15, -0.1) is 0 Å². The average Bonchev–Trinajstić information content (AvgIpc) is 2.02. The monoisotopic (exact) mass is 179 g/mol. The summed E-state index contributed by atoms with van der Waals surface area (Å²) >= 11 is 0. The van der Waals surface area contributed by atoms with E-state index in [9.17, 15) is 0 Å². The van der Waals surface area contributed by atoms with Crippen LogP contribution in [0.1, 0.15) is 24.5 Å². The molecule has 0 fully saturated rings. The molecule has 0 saturated heterocycles. The van der Waals surface area contributed by atoms with Crippen molar-refractivity contribution in [2.45, 2.75) is 27.2 Å². The lowest BCUT2D eigenvalue weighted by molar-refractivity contribution is 0.313. The molecule has 1 rings (SSSR count). The van der Waals surface area contributed by atoms with Gasteiger partial charge in [-0.1, -0.05) is 6.92 Å². The van der Waals surface area contributed by atoms with E-state index >= 15 is 0 Å². The van der Waals surface area contributed by atoms with Gasteiger partial charge >= 0.3 is 0 Å². The van der Waals surface area contributed by atoms with Gasteiger partial charge < -0.3 is 10.5 Å². The third-order valence-electron chi connectivity index (χ3n) is 1.93. The minimum atomic E-state index is 0.769. The molecule has 13 heavy (non-hydrogen) atoms. The van der Waals surface area contributed by atoms with Crippen LogP contribution in [0.3, 0.4) is 0 Å². The van der Waals surface area contributed by atoms with Crippen LogP contribution in [-0.2, 0) is 0 Å². The highest BCUT2D eigenvalue weighted by atomic mass is 16.5. The minimum absolute atomic E-state index is 0.769. The van der Waals surface area contributed by atoms with Crippen molar-refractivity contribution >= 4 is 5.69 Å². The normalized spacial score (nSPS) is 10.1. The molecule has 2 nitrogen and oxygen atoms in total. The highest BCUT2D eigenvalue weighted by molar-refractivity contribution is 5.52. The van der Waals surface area contributed by atoms with E-state index in [2.05, 4.69) is 6.92 Å². The Hall–Kier alpha value is -1.18. The number of rotatable bonds is 3. The lowest BCUT2D eigenvalue weighted by atomic mass is 10.1. The summed E-state index contributed by atoms with van der Waals surface area (Å²) in [5.74, 6) is 0.982. The number of anilines is 1. The third-order valence-corrected chi connectivity index (χ3v) is 1.93. The van der Waals surface area contributed by atoms with Crippen molar-refractivity contribution in [1.29, 1.82) is 0 Å². The average molecular weight is 179 g/mol. The topological polar surface area (TPSA) is 35.2 Å². The van der Waals surface area contributed by atoms with Gasteiger partial charge in [0.05, 0.1) is 6.61 Å². The Morgan fingerprint density at radius 1 is 1.23 bits per heavy atom. The largest absolute Gasteiger partial charge is 0.493 e. The van der Waals surface area contributed by atoms with Gasteiger partial charge in [-0.3, -0.25) is 0 Å². The van der Waals surface area contributed by atoms with Crippen molar-refractivity contribution in [3.05, 3.63) is 23.3 Å². The Kier molecular flexibility index (Phi) is 3.18. The predicted octanol–water partition coefficient (Wildman–Crippen LogP) is 2.67. The van der Waals surface area contributed by atoms with Gasteiger partial charge in [0.1, 0.15) is 5.75 Å². The van der Waals surface area contributed by atoms with E-state index in [1.807, 2.05) is 26.0 Å². The number of hydrogen-bond acceptors (Lipinski definition) is 2. The Morgan fingerprint density at radius 2 is 1.77 bits per heavy atom. The fraction of sp³-hybridized carbons (Fsp3) is 0.455. The zero-order chi connectivity index (χ0) is 9.84. The molecule has 0 aliphatic heterocycles. The maximum atomic E-state index is 5.70. The molecule has 0 atom stereocenters. The number of nitrogens with two attached hydrogens (primary N) is 1. The smallest absolute Gasteiger partial charge is 0.125 e. The molecule has 0 heterocycles. The van der Waals surface area contributed by atoms with Crippen LogP contribution in [0.2, 0.25) is 0 Å². The van der Waals surface area contributed by atoms with E-state index in [0.717, 1.165) is 35.6 Å². The Morgan fingerprint density at radius 3 is 2.23 bits per heavy atom. The fourth-order valence-corrected chi connectivity index (χ4v) is 1.42. The van der Waals surface area contributed by atoms with Gasteiger partial charge in [0.15, 0.2) is 0 Å². The second-order valence-electron chi connectivity index (χ2n) is 3.33. The predicted molar refractivity (Wildman–Crippen MR) is 56.1 cm³/mol. The first-order chi connectivity index (χ1) is 6.15. The van der Waals surface area contributed by atoms with E-state index in [-0.39, 0.29) is 0 Å². The molecule has 0 amide bonds. The maximum absolute atomic E-state index is 5.70. The fourth-order valence-electron chi connectivity index (χ4n) is 1.42. The van der Waals surface area contributed by atoms with Crippen molar-refractivity contribution in [3.8, 4) is 5.75 Å². The van der Waals surface area contributed by atoms with Crippen LogP contribution >= 0.6 is 0 Å². The van der Waals surface area contributed by atoms with Gasteiger partial charge in [0.2, 0.25) is 0 Å². The summed E-state index contributed by atoms with van der Waals surface area (Å²) in [6.07, 6.45) is 1.03. The summed E-state index contributed by atoms with van der Waals surface area (Å²) < 4.78 is 5.62. The third kappa shape index (κ3) is 2.38. The second kappa shape index (κ2) is 4.17. The number of benzene rings is 1. The summed E-state index contributed by atoms with van der Waals surface area (Å²) in [7, 11) is 0. The van der Waals surface area contributed by atoms with E-state index < -0.39 is 0 Å². The zero-order valence-electron chi connectivity index (χ0n) is 8.55. The summed E-state index contributed by atoms with van der Waals surface area (Å²) in [5.41, 5.74) is 8.74. The highest BCUT2D eigenvalue weighted by Crippen LogP contribution is 2.25. The first kappa shape index (κ1) is 9.90. The molecule has 0 aromatic heterocycles. The van der Waals surface area contributed by atoms with Gasteiger partial charge in [-0.05, 0) is 43.5 Å². The molecule has 1 aromatic carbocycles. The molecule has 0 spiro atoms. The summed E-state index contributed by atoms with van der Waals surface area (Å²) in [4.78, 5) is 0. The zero-order valence-corrected chi connectivity index (χ0v) is 8.55. The van der Waals surface area contributed by atoms with E-state index in [1.165, 1.54) is 0 Å². The molecule has 1 aromatic rings. The van der Waals surface area contributed by atoms with E-state index in [0.29, 0.717) is 0 Å². The minimum Gasteiger partial charge on any atom is -0.493 e. The quantitative estimate of drug-likeness (QED) is 0.724. The summed E-state index contributed by atoms with van der Waals surface area (Å²) in [6.45, 7) is 6.91. The van der Waals surface area contributed by atoms with Crippen LogP contribution in [0.25, 0.3) is 0 Å². The maximum Gasteiger partial charge on any atom is 0.125 e. The molecule has 0 radical (unpaired) electrons. The second-order valence-corrected chi connectivity index (χ2v) is 3.33.